The Morgan fingerprint density at radius 2 is 1.74 bits per heavy atom. The van der Waals surface area contributed by atoms with Crippen LogP contribution < -0.4 is 14.4 Å². The van der Waals surface area contributed by atoms with Crippen molar-refractivity contribution in [1.82, 2.24) is 0 Å². The van der Waals surface area contributed by atoms with Gasteiger partial charge >= 0.3 is 0 Å². The van der Waals surface area contributed by atoms with Crippen molar-refractivity contribution in [3.63, 3.8) is 0 Å². The van der Waals surface area contributed by atoms with Gasteiger partial charge in [0.1, 0.15) is 5.75 Å². The van der Waals surface area contributed by atoms with Crippen molar-refractivity contribution in [2.45, 2.75) is 4.90 Å². The summed E-state index contributed by atoms with van der Waals surface area (Å²) in [5, 5.41) is 13.6. The SMILES string of the molecule is COc1ccc([N+](=O)[O-])cc1C(=O)Nc1cccc(S(=O)(=O)N(C)c2ccccc2)c1. The third kappa shape index (κ3) is 4.64. The minimum Gasteiger partial charge on any atom is -0.496 e. The van der Waals surface area contributed by atoms with Gasteiger partial charge in [-0.15, -0.1) is 0 Å². The summed E-state index contributed by atoms with van der Waals surface area (Å²) in [6, 6.07) is 17.9. The predicted octanol–water partition coefficient (Wildman–Crippen LogP) is 3.68. The number of nitrogens with one attached hydrogen (secondary N) is 1. The lowest BCUT2D eigenvalue weighted by Gasteiger charge is -2.20. The minimum atomic E-state index is -3.88. The standard InChI is InChI=1S/C21H19N3O6S/c1-23(16-8-4-3-5-9-16)31(28,29)18-10-6-7-15(13-18)22-21(25)19-14-17(24(26)27)11-12-20(19)30-2/h3-14H,1-2H3,(H,22,25). The number of carbonyl (C=O) groups is 1. The fraction of sp³-hybridized carbons (Fsp3) is 0.0952. The molecule has 0 atom stereocenters. The summed E-state index contributed by atoms with van der Waals surface area (Å²) < 4.78 is 32.2. The molecule has 3 aromatic rings. The lowest BCUT2D eigenvalue weighted by atomic mass is 10.1. The van der Waals surface area contributed by atoms with Gasteiger partial charge < -0.3 is 10.1 Å². The topological polar surface area (TPSA) is 119 Å². The fourth-order valence-corrected chi connectivity index (χ4v) is 4.10. The third-order valence-electron chi connectivity index (χ3n) is 4.51. The number of methoxy groups -OCH3 is 1. The maximum absolute atomic E-state index is 13.0. The van der Waals surface area contributed by atoms with Gasteiger partial charge in [0, 0.05) is 24.9 Å². The average Bonchev–Trinajstić information content (AvgIpc) is 2.78. The van der Waals surface area contributed by atoms with Crippen LogP contribution in [-0.4, -0.2) is 33.4 Å². The van der Waals surface area contributed by atoms with E-state index in [-0.39, 0.29) is 27.6 Å². The van der Waals surface area contributed by atoms with Crippen LogP contribution in [0.5, 0.6) is 5.75 Å². The monoisotopic (exact) mass is 441 g/mol. The molecular formula is C21H19N3O6S. The van der Waals surface area contributed by atoms with Crippen LogP contribution in [0.25, 0.3) is 0 Å². The molecule has 9 nitrogen and oxygen atoms in total. The molecule has 160 valence electrons. The van der Waals surface area contributed by atoms with Crippen molar-refractivity contribution in [2.24, 2.45) is 0 Å². The van der Waals surface area contributed by atoms with Crippen molar-refractivity contribution in [1.29, 1.82) is 0 Å². The lowest BCUT2D eigenvalue weighted by molar-refractivity contribution is -0.384. The summed E-state index contributed by atoms with van der Waals surface area (Å²) >= 11 is 0. The Hall–Kier alpha value is -3.92. The van der Waals surface area contributed by atoms with E-state index in [1.54, 1.807) is 30.3 Å². The molecule has 3 aromatic carbocycles. The van der Waals surface area contributed by atoms with Crippen LogP contribution in [0.2, 0.25) is 0 Å². The number of nitro groups is 1. The Balaban J connectivity index is 1.90. The van der Waals surface area contributed by atoms with Crippen LogP contribution in [0, 0.1) is 10.1 Å². The first-order valence-corrected chi connectivity index (χ1v) is 10.5. The maximum atomic E-state index is 13.0. The normalized spacial score (nSPS) is 10.9. The highest BCUT2D eigenvalue weighted by atomic mass is 32.2. The number of benzene rings is 3. The highest BCUT2D eigenvalue weighted by Gasteiger charge is 2.22. The Bertz CT molecular complexity index is 1230. The van der Waals surface area contributed by atoms with E-state index in [0.717, 1.165) is 10.4 Å². The van der Waals surface area contributed by atoms with Gasteiger partial charge in [0.2, 0.25) is 0 Å². The molecule has 0 spiro atoms. The van der Waals surface area contributed by atoms with Crippen molar-refractivity contribution in [2.75, 3.05) is 23.8 Å². The molecule has 31 heavy (non-hydrogen) atoms. The van der Waals surface area contributed by atoms with Crippen molar-refractivity contribution in [3.05, 3.63) is 88.5 Å². The zero-order valence-electron chi connectivity index (χ0n) is 16.7. The number of carbonyl (C=O) groups excluding carboxylic acids is 1. The number of nitrogens with zero attached hydrogens (tertiary/aromatic N) is 2. The summed E-state index contributed by atoms with van der Waals surface area (Å²) in [7, 11) is -1.11. The second-order valence-corrected chi connectivity index (χ2v) is 8.40. The van der Waals surface area contributed by atoms with Crippen molar-refractivity contribution >= 4 is 33.0 Å². The van der Waals surface area contributed by atoms with E-state index in [9.17, 15) is 23.3 Å². The number of ether oxygens (including phenoxy) is 1. The van der Waals surface area contributed by atoms with Gasteiger partial charge in [-0.3, -0.25) is 19.2 Å². The third-order valence-corrected chi connectivity index (χ3v) is 6.29. The minimum absolute atomic E-state index is 0.0253. The van der Waals surface area contributed by atoms with Crippen LogP contribution in [0.1, 0.15) is 10.4 Å². The molecule has 0 aromatic heterocycles. The maximum Gasteiger partial charge on any atom is 0.270 e. The summed E-state index contributed by atoms with van der Waals surface area (Å²) in [4.78, 5) is 23.1. The number of rotatable bonds is 7. The van der Waals surface area contributed by atoms with E-state index in [1.165, 1.54) is 50.6 Å². The first kappa shape index (κ1) is 21.8. The van der Waals surface area contributed by atoms with Crippen LogP contribution in [0.15, 0.2) is 77.7 Å². The first-order chi connectivity index (χ1) is 14.7. The van der Waals surface area contributed by atoms with E-state index in [1.807, 2.05) is 0 Å². The lowest BCUT2D eigenvalue weighted by Crippen LogP contribution is -2.26. The Morgan fingerprint density at radius 1 is 1.03 bits per heavy atom. The molecule has 0 radical (unpaired) electrons. The summed E-state index contributed by atoms with van der Waals surface area (Å²) in [5.74, 6) is -0.526. The van der Waals surface area contributed by atoms with Crippen molar-refractivity contribution < 1.29 is 22.9 Å². The van der Waals surface area contributed by atoms with Crippen LogP contribution in [0.4, 0.5) is 17.1 Å². The fourth-order valence-electron chi connectivity index (χ4n) is 2.85. The number of amides is 1. The molecule has 10 heteroatoms. The van der Waals surface area contributed by atoms with Gasteiger partial charge in [-0.1, -0.05) is 24.3 Å². The van der Waals surface area contributed by atoms with Gasteiger partial charge in [-0.05, 0) is 36.4 Å². The molecule has 0 aliphatic carbocycles. The quantitative estimate of drug-likeness (QED) is 0.441. The second-order valence-electron chi connectivity index (χ2n) is 6.43. The van der Waals surface area contributed by atoms with Gasteiger partial charge in [-0.25, -0.2) is 8.42 Å². The summed E-state index contributed by atoms with van der Waals surface area (Å²) in [5.41, 5.74) is 0.373. The van der Waals surface area contributed by atoms with Crippen LogP contribution in [-0.2, 0) is 10.0 Å². The molecule has 0 bridgehead atoms. The van der Waals surface area contributed by atoms with E-state index in [0.29, 0.717) is 5.69 Å². The smallest absolute Gasteiger partial charge is 0.270 e. The molecule has 1 amide bonds. The van der Waals surface area contributed by atoms with Crippen LogP contribution >= 0.6 is 0 Å². The number of sulfonamides is 1. The Kier molecular flexibility index (Phi) is 6.21. The van der Waals surface area contributed by atoms with Gasteiger partial charge in [0.05, 0.1) is 28.2 Å². The summed E-state index contributed by atoms with van der Waals surface area (Å²) in [6.07, 6.45) is 0. The molecule has 0 heterocycles. The zero-order valence-corrected chi connectivity index (χ0v) is 17.5. The molecule has 0 aliphatic rings. The molecule has 0 fully saturated rings. The predicted molar refractivity (Wildman–Crippen MR) is 116 cm³/mol. The van der Waals surface area contributed by atoms with E-state index in [2.05, 4.69) is 5.32 Å². The average molecular weight is 441 g/mol. The number of hydrogen-bond donors (Lipinski definition) is 1. The molecular weight excluding hydrogens is 422 g/mol. The van der Waals surface area contributed by atoms with Crippen LogP contribution in [0.3, 0.4) is 0 Å². The molecule has 0 saturated heterocycles. The second kappa shape index (κ2) is 8.84. The highest BCUT2D eigenvalue weighted by Crippen LogP contribution is 2.27. The Labute approximate surface area is 179 Å². The zero-order chi connectivity index (χ0) is 22.6. The van der Waals surface area contributed by atoms with Gasteiger partial charge in [0.15, 0.2) is 0 Å². The molecule has 3 rings (SSSR count). The number of hydrogen-bond acceptors (Lipinski definition) is 6. The number of para-hydroxylation sites is 1. The van der Waals surface area contributed by atoms with E-state index in [4.69, 9.17) is 4.74 Å². The number of nitro benzene ring substituents is 1. The number of non-ortho nitro benzene ring substituents is 1. The number of anilines is 2. The Morgan fingerprint density at radius 3 is 2.39 bits per heavy atom. The highest BCUT2D eigenvalue weighted by molar-refractivity contribution is 7.92. The molecule has 0 saturated carbocycles. The van der Waals surface area contributed by atoms with Crippen molar-refractivity contribution in [3.8, 4) is 5.75 Å². The van der Waals surface area contributed by atoms with Gasteiger partial charge in [-0.2, -0.15) is 0 Å². The van der Waals surface area contributed by atoms with E-state index < -0.39 is 20.9 Å². The molecule has 0 unspecified atom stereocenters. The van der Waals surface area contributed by atoms with Gasteiger partial charge in [0.25, 0.3) is 21.6 Å². The first-order valence-electron chi connectivity index (χ1n) is 9.02. The van der Waals surface area contributed by atoms with E-state index >= 15 is 0 Å². The largest absolute Gasteiger partial charge is 0.496 e. The summed E-state index contributed by atoms with van der Waals surface area (Å²) in [6.45, 7) is 0. The molecule has 0 aliphatic heterocycles. The molecule has 1 N–H and O–H groups in total.